The first-order valence-corrected chi connectivity index (χ1v) is 5.79. The Morgan fingerprint density at radius 3 is 2.31 bits per heavy atom. The quantitative estimate of drug-likeness (QED) is 0.710. The van der Waals surface area contributed by atoms with Crippen LogP contribution in [0.25, 0.3) is 0 Å². The summed E-state index contributed by atoms with van der Waals surface area (Å²) >= 11 is 0. The van der Waals surface area contributed by atoms with Crippen molar-refractivity contribution in [3.05, 3.63) is 71.3 Å². The lowest BCUT2D eigenvalue weighted by molar-refractivity contribution is 0.865. The van der Waals surface area contributed by atoms with Gasteiger partial charge in [0.05, 0.1) is 0 Å². The van der Waals surface area contributed by atoms with Crippen molar-refractivity contribution in [3.8, 4) is 0 Å². The monoisotopic (exact) mass is 209 g/mol. The number of rotatable bonds is 3. The number of hydrogen-bond acceptors (Lipinski definition) is 0. The Hall–Kier alpha value is -1.56. The SMILES string of the molecule is CC(C)c1ccc(Cc2c[c]ccc2)cc1. The molecule has 0 aliphatic rings. The number of benzene rings is 2. The van der Waals surface area contributed by atoms with E-state index in [1.165, 1.54) is 16.7 Å². The molecule has 0 bridgehead atoms. The predicted molar refractivity (Wildman–Crippen MR) is 68.6 cm³/mol. The molecule has 0 atom stereocenters. The molecule has 0 aromatic heterocycles. The summed E-state index contributed by atoms with van der Waals surface area (Å²) in [6.45, 7) is 4.45. The van der Waals surface area contributed by atoms with Gasteiger partial charge in [-0.25, -0.2) is 0 Å². The molecule has 0 fully saturated rings. The average molecular weight is 209 g/mol. The third-order valence-electron chi connectivity index (χ3n) is 2.83. The highest BCUT2D eigenvalue weighted by atomic mass is 14.0. The van der Waals surface area contributed by atoms with Gasteiger partial charge in [-0.3, -0.25) is 0 Å². The van der Waals surface area contributed by atoms with Crippen molar-refractivity contribution in [2.75, 3.05) is 0 Å². The molecule has 81 valence electrons. The third kappa shape index (κ3) is 2.73. The normalized spacial score (nSPS) is 10.7. The fourth-order valence-corrected chi connectivity index (χ4v) is 1.80. The van der Waals surface area contributed by atoms with Crippen molar-refractivity contribution in [2.24, 2.45) is 0 Å². The lowest BCUT2D eigenvalue weighted by Gasteiger charge is -2.06. The largest absolute Gasteiger partial charge is 0.0614 e. The van der Waals surface area contributed by atoms with Crippen molar-refractivity contribution in [2.45, 2.75) is 26.2 Å². The van der Waals surface area contributed by atoms with Crippen LogP contribution in [0, 0.1) is 6.07 Å². The molecule has 0 unspecified atom stereocenters. The summed E-state index contributed by atoms with van der Waals surface area (Å²) in [5, 5.41) is 0. The van der Waals surface area contributed by atoms with Crippen LogP contribution in [0.1, 0.15) is 36.5 Å². The first-order valence-electron chi connectivity index (χ1n) is 5.79. The lowest BCUT2D eigenvalue weighted by atomic mass is 9.99. The van der Waals surface area contributed by atoms with Gasteiger partial charge in [-0.2, -0.15) is 0 Å². The molecule has 0 N–H and O–H groups in total. The zero-order chi connectivity index (χ0) is 11.4. The van der Waals surface area contributed by atoms with Gasteiger partial charge in [0.2, 0.25) is 0 Å². The molecule has 0 saturated carbocycles. The van der Waals surface area contributed by atoms with Crippen LogP contribution in [0.5, 0.6) is 0 Å². The van der Waals surface area contributed by atoms with Crippen LogP contribution in [0.3, 0.4) is 0 Å². The van der Waals surface area contributed by atoms with E-state index < -0.39 is 0 Å². The maximum atomic E-state index is 3.11. The first kappa shape index (κ1) is 10.9. The summed E-state index contributed by atoms with van der Waals surface area (Å²) in [4.78, 5) is 0. The highest BCUT2D eigenvalue weighted by Gasteiger charge is 1.99. The summed E-state index contributed by atoms with van der Waals surface area (Å²) < 4.78 is 0. The highest BCUT2D eigenvalue weighted by Crippen LogP contribution is 2.16. The fourth-order valence-electron chi connectivity index (χ4n) is 1.80. The van der Waals surface area contributed by atoms with Crippen LogP contribution in [0.15, 0.2) is 48.5 Å². The molecular formula is C16H17. The lowest BCUT2D eigenvalue weighted by Crippen LogP contribution is -1.90. The maximum absolute atomic E-state index is 3.11. The molecule has 2 rings (SSSR count). The van der Waals surface area contributed by atoms with Crippen LogP contribution in [-0.4, -0.2) is 0 Å². The minimum atomic E-state index is 0.610. The van der Waals surface area contributed by atoms with Crippen molar-refractivity contribution in [1.82, 2.24) is 0 Å². The van der Waals surface area contributed by atoms with Crippen LogP contribution in [0.2, 0.25) is 0 Å². The van der Waals surface area contributed by atoms with E-state index in [0.29, 0.717) is 5.92 Å². The molecule has 0 aliphatic heterocycles. The van der Waals surface area contributed by atoms with Crippen LogP contribution in [-0.2, 0) is 6.42 Å². The Kier molecular flexibility index (Phi) is 3.40. The average Bonchev–Trinajstić information content (AvgIpc) is 2.31. The molecular weight excluding hydrogens is 192 g/mol. The predicted octanol–water partition coefficient (Wildman–Crippen LogP) is 4.20. The summed E-state index contributed by atoms with van der Waals surface area (Å²) in [7, 11) is 0. The van der Waals surface area contributed by atoms with Crippen LogP contribution in [0.4, 0.5) is 0 Å². The van der Waals surface area contributed by atoms with Gasteiger partial charge in [0.25, 0.3) is 0 Å². The van der Waals surface area contributed by atoms with Gasteiger partial charge in [0, 0.05) is 0 Å². The molecule has 2 aromatic carbocycles. The molecule has 0 saturated heterocycles. The van der Waals surface area contributed by atoms with E-state index in [2.05, 4.69) is 56.3 Å². The van der Waals surface area contributed by atoms with Crippen molar-refractivity contribution < 1.29 is 0 Å². The summed E-state index contributed by atoms with van der Waals surface area (Å²) in [5.41, 5.74) is 4.09. The van der Waals surface area contributed by atoms with E-state index in [9.17, 15) is 0 Å². The second-order valence-corrected chi connectivity index (χ2v) is 4.48. The topological polar surface area (TPSA) is 0 Å². The van der Waals surface area contributed by atoms with Crippen molar-refractivity contribution in [1.29, 1.82) is 0 Å². The van der Waals surface area contributed by atoms with Gasteiger partial charge in [-0.15, -0.1) is 0 Å². The van der Waals surface area contributed by atoms with Gasteiger partial charge < -0.3 is 0 Å². The van der Waals surface area contributed by atoms with E-state index in [1.54, 1.807) is 0 Å². The molecule has 0 nitrogen and oxygen atoms in total. The Labute approximate surface area is 97.9 Å². The Bertz CT molecular complexity index is 423. The Morgan fingerprint density at radius 1 is 1.00 bits per heavy atom. The molecule has 0 heteroatoms. The molecule has 0 amide bonds. The zero-order valence-electron chi connectivity index (χ0n) is 9.90. The Morgan fingerprint density at radius 2 is 1.75 bits per heavy atom. The van der Waals surface area contributed by atoms with Gasteiger partial charge in [-0.1, -0.05) is 62.4 Å². The molecule has 2 aromatic rings. The van der Waals surface area contributed by atoms with E-state index in [-0.39, 0.29) is 0 Å². The van der Waals surface area contributed by atoms with Gasteiger partial charge in [-0.05, 0) is 35.1 Å². The van der Waals surface area contributed by atoms with E-state index in [0.717, 1.165) is 6.42 Å². The van der Waals surface area contributed by atoms with Crippen LogP contribution >= 0.6 is 0 Å². The molecule has 16 heavy (non-hydrogen) atoms. The number of hydrogen-bond donors (Lipinski definition) is 0. The molecule has 0 spiro atoms. The summed E-state index contributed by atoms with van der Waals surface area (Å²) in [5.74, 6) is 0.610. The van der Waals surface area contributed by atoms with E-state index >= 15 is 0 Å². The minimum absolute atomic E-state index is 0.610. The highest BCUT2D eigenvalue weighted by molar-refractivity contribution is 5.29. The Balaban J connectivity index is 2.11. The van der Waals surface area contributed by atoms with Gasteiger partial charge in [0.15, 0.2) is 0 Å². The minimum Gasteiger partial charge on any atom is -0.0614 e. The fraction of sp³-hybridized carbons (Fsp3) is 0.250. The second-order valence-electron chi connectivity index (χ2n) is 4.48. The molecule has 1 radical (unpaired) electrons. The molecule has 0 heterocycles. The van der Waals surface area contributed by atoms with Gasteiger partial charge in [0.1, 0.15) is 0 Å². The van der Waals surface area contributed by atoms with Crippen LogP contribution < -0.4 is 0 Å². The zero-order valence-corrected chi connectivity index (χ0v) is 9.90. The standard InChI is InChI=1S/C16H17/c1-13(2)16-10-8-15(9-11-16)12-14-6-4-3-5-7-14/h3-4,6-11,13H,12H2,1-2H3. The van der Waals surface area contributed by atoms with E-state index in [1.807, 2.05) is 12.1 Å². The third-order valence-corrected chi connectivity index (χ3v) is 2.83. The molecule has 0 aliphatic carbocycles. The van der Waals surface area contributed by atoms with Gasteiger partial charge >= 0.3 is 0 Å². The van der Waals surface area contributed by atoms with Crippen molar-refractivity contribution in [3.63, 3.8) is 0 Å². The maximum Gasteiger partial charge on any atom is -0.00256 e. The van der Waals surface area contributed by atoms with Crippen molar-refractivity contribution >= 4 is 0 Å². The summed E-state index contributed by atoms with van der Waals surface area (Å²) in [6, 6.07) is 20.2. The smallest absolute Gasteiger partial charge is 0.00256 e. The van der Waals surface area contributed by atoms with E-state index in [4.69, 9.17) is 0 Å². The first-order chi connectivity index (χ1) is 7.75. The second kappa shape index (κ2) is 4.98. The summed E-state index contributed by atoms with van der Waals surface area (Å²) in [6.07, 6.45) is 0.996.